The van der Waals surface area contributed by atoms with Crippen molar-refractivity contribution in [3.8, 4) is 0 Å². The van der Waals surface area contributed by atoms with Crippen molar-refractivity contribution in [1.82, 2.24) is 14.7 Å². The Kier molecular flexibility index (Phi) is 5.72. The fourth-order valence-corrected chi connectivity index (χ4v) is 4.69. The summed E-state index contributed by atoms with van der Waals surface area (Å²) in [5.74, 6) is 0.375. The van der Waals surface area contributed by atoms with Crippen molar-refractivity contribution in [3.05, 3.63) is 35.6 Å². The largest absolute Gasteiger partial charge is 0.342 e. The Bertz CT molecular complexity index is 704. The van der Waals surface area contributed by atoms with Crippen LogP contribution in [0.15, 0.2) is 24.3 Å². The number of halogens is 1. The van der Waals surface area contributed by atoms with Crippen LogP contribution in [0.5, 0.6) is 0 Å². The van der Waals surface area contributed by atoms with Gasteiger partial charge >= 0.3 is 6.03 Å². The van der Waals surface area contributed by atoms with E-state index in [0.717, 1.165) is 18.4 Å². The minimum atomic E-state index is -0.295. The minimum Gasteiger partial charge on any atom is -0.342 e. The molecule has 0 radical (unpaired) electrons. The van der Waals surface area contributed by atoms with E-state index in [4.69, 9.17) is 0 Å². The van der Waals surface area contributed by atoms with Crippen LogP contribution >= 0.6 is 0 Å². The van der Waals surface area contributed by atoms with E-state index in [-0.39, 0.29) is 41.6 Å². The number of carbonyl (C=O) groups is 2. The highest BCUT2D eigenvalue weighted by molar-refractivity contribution is 5.79. The molecule has 2 aliphatic rings. The molecule has 2 saturated heterocycles. The third-order valence-electron chi connectivity index (χ3n) is 6.13. The van der Waals surface area contributed by atoms with E-state index in [2.05, 4.69) is 13.8 Å². The van der Waals surface area contributed by atoms with Gasteiger partial charge in [-0.05, 0) is 30.5 Å². The summed E-state index contributed by atoms with van der Waals surface area (Å²) in [4.78, 5) is 31.0. The van der Waals surface area contributed by atoms with Crippen LogP contribution in [0, 0.1) is 23.6 Å². The summed E-state index contributed by atoms with van der Waals surface area (Å²) in [6.07, 6.45) is 1.69. The monoisotopic (exact) mass is 375 g/mol. The molecule has 2 heterocycles. The molecule has 0 N–H and O–H groups in total. The van der Waals surface area contributed by atoms with Crippen LogP contribution in [-0.4, -0.2) is 60.4 Å². The van der Waals surface area contributed by atoms with E-state index in [1.807, 2.05) is 15.9 Å². The predicted molar refractivity (Wildman–Crippen MR) is 103 cm³/mol. The fourth-order valence-electron chi connectivity index (χ4n) is 4.69. The van der Waals surface area contributed by atoms with E-state index in [1.165, 1.54) is 12.1 Å². The normalized spacial score (nSPS) is 24.4. The quantitative estimate of drug-likeness (QED) is 0.810. The van der Waals surface area contributed by atoms with Crippen molar-refractivity contribution >= 4 is 11.9 Å². The lowest BCUT2D eigenvalue weighted by atomic mass is 9.89. The number of amides is 3. The van der Waals surface area contributed by atoms with Crippen LogP contribution in [-0.2, 0) is 4.79 Å². The Balaban J connectivity index is 1.87. The van der Waals surface area contributed by atoms with E-state index in [9.17, 15) is 14.0 Å². The average Bonchev–Trinajstić information content (AvgIpc) is 3.19. The van der Waals surface area contributed by atoms with Crippen molar-refractivity contribution < 1.29 is 14.0 Å². The van der Waals surface area contributed by atoms with E-state index in [1.54, 1.807) is 25.1 Å². The summed E-state index contributed by atoms with van der Waals surface area (Å²) in [6.45, 7) is 6.03. The molecular formula is C21H30FN3O2. The average molecular weight is 375 g/mol. The number of nitrogens with zero attached hydrogens (tertiary/aromatic N) is 3. The van der Waals surface area contributed by atoms with Crippen LogP contribution in [0.1, 0.15) is 38.3 Å². The molecule has 2 fully saturated rings. The zero-order valence-corrected chi connectivity index (χ0v) is 16.7. The Morgan fingerprint density at radius 2 is 1.89 bits per heavy atom. The molecule has 27 heavy (non-hydrogen) atoms. The molecule has 3 rings (SSSR count). The van der Waals surface area contributed by atoms with Gasteiger partial charge < -0.3 is 14.7 Å². The maximum absolute atomic E-state index is 13.9. The molecule has 148 valence electrons. The van der Waals surface area contributed by atoms with E-state index < -0.39 is 0 Å². The molecule has 0 spiro atoms. The van der Waals surface area contributed by atoms with Gasteiger partial charge in [0.05, 0.1) is 6.04 Å². The van der Waals surface area contributed by atoms with Gasteiger partial charge in [0.1, 0.15) is 5.82 Å². The first-order valence-corrected chi connectivity index (χ1v) is 9.89. The molecule has 5 nitrogen and oxygen atoms in total. The van der Waals surface area contributed by atoms with Gasteiger partial charge in [0.15, 0.2) is 0 Å². The number of likely N-dealkylation sites (tertiary alicyclic amines) is 2. The van der Waals surface area contributed by atoms with Gasteiger partial charge in [0.25, 0.3) is 0 Å². The lowest BCUT2D eigenvalue weighted by molar-refractivity contribution is -0.135. The second-order valence-electron chi connectivity index (χ2n) is 8.01. The van der Waals surface area contributed by atoms with E-state index in [0.29, 0.717) is 19.6 Å². The second kappa shape index (κ2) is 7.87. The standard InChI is InChI=1S/C21H30FN3O2/c1-5-14(6-2)20(26)24-11-16-12-25(21(27)23(3)4)19(18(16)13-24)15-8-7-9-17(22)10-15/h7-10,14,16,18-19H,5-6,11-13H2,1-4H3/t16-,18-,19+/m1/s1. The Labute approximate surface area is 161 Å². The first kappa shape index (κ1) is 19.6. The van der Waals surface area contributed by atoms with Gasteiger partial charge in [-0.3, -0.25) is 4.79 Å². The summed E-state index contributed by atoms with van der Waals surface area (Å²) in [6, 6.07) is 6.27. The van der Waals surface area contributed by atoms with E-state index >= 15 is 0 Å². The molecule has 3 amide bonds. The fraction of sp³-hybridized carbons (Fsp3) is 0.619. The Hall–Kier alpha value is -2.11. The summed E-state index contributed by atoms with van der Waals surface area (Å²) in [7, 11) is 3.48. The molecule has 0 aromatic heterocycles. The molecule has 2 aliphatic heterocycles. The highest BCUT2D eigenvalue weighted by Crippen LogP contribution is 2.45. The maximum Gasteiger partial charge on any atom is 0.320 e. The van der Waals surface area contributed by atoms with Gasteiger partial charge in [-0.1, -0.05) is 26.0 Å². The number of hydrogen-bond acceptors (Lipinski definition) is 2. The van der Waals surface area contributed by atoms with Crippen molar-refractivity contribution in [2.45, 2.75) is 32.7 Å². The van der Waals surface area contributed by atoms with Gasteiger partial charge in [0.2, 0.25) is 5.91 Å². The predicted octanol–water partition coefficient (Wildman–Crippen LogP) is 3.37. The topological polar surface area (TPSA) is 43.9 Å². The number of urea groups is 1. The molecule has 0 bridgehead atoms. The number of carbonyl (C=O) groups excluding carboxylic acids is 2. The zero-order chi connectivity index (χ0) is 19.7. The molecule has 1 aromatic carbocycles. The van der Waals surface area contributed by atoms with Crippen LogP contribution in [0.3, 0.4) is 0 Å². The Morgan fingerprint density at radius 1 is 1.19 bits per heavy atom. The number of fused-ring (bicyclic) bond motifs is 1. The molecule has 0 unspecified atom stereocenters. The van der Waals surface area contributed by atoms with Gasteiger partial charge in [-0.25, -0.2) is 9.18 Å². The molecule has 0 aliphatic carbocycles. The van der Waals surface area contributed by atoms with Crippen LogP contribution in [0.2, 0.25) is 0 Å². The highest BCUT2D eigenvalue weighted by atomic mass is 19.1. The van der Waals surface area contributed by atoms with Crippen LogP contribution in [0.25, 0.3) is 0 Å². The number of hydrogen-bond donors (Lipinski definition) is 0. The lowest BCUT2D eigenvalue weighted by Gasteiger charge is -2.32. The summed E-state index contributed by atoms with van der Waals surface area (Å²) < 4.78 is 13.9. The third-order valence-corrected chi connectivity index (χ3v) is 6.13. The van der Waals surface area contributed by atoms with Crippen molar-refractivity contribution in [3.63, 3.8) is 0 Å². The van der Waals surface area contributed by atoms with Gasteiger partial charge in [-0.2, -0.15) is 0 Å². The Morgan fingerprint density at radius 3 is 2.48 bits per heavy atom. The second-order valence-corrected chi connectivity index (χ2v) is 8.01. The molecule has 0 saturated carbocycles. The summed E-state index contributed by atoms with van der Waals surface area (Å²) in [5, 5.41) is 0. The third kappa shape index (κ3) is 3.66. The summed E-state index contributed by atoms with van der Waals surface area (Å²) in [5.41, 5.74) is 0.814. The minimum absolute atomic E-state index is 0.0588. The van der Waals surface area contributed by atoms with Crippen LogP contribution < -0.4 is 0 Å². The first-order valence-electron chi connectivity index (χ1n) is 9.89. The molecule has 3 atom stereocenters. The maximum atomic E-state index is 13.9. The highest BCUT2D eigenvalue weighted by Gasteiger charge is 2.50. The van der Waals surface area contributed by atoms with Crippen molar-refractivity contribution in [2.75, 3.05) is 33.7 Å². The zero-order valence-electron chi connectivity index (χ0n) is 16.7. The molecular weight excluding hydrogens is 345 g/mol. The van der Waals surface area contributed by atoms with Crippen molar-refractivity contribution in [2.24, 2.45) is 17.8 Å². The number of rotatable bonds is 4. The van der Waals surface area contributed by atoms with Gasteiger partial charge in [0, 0.05) is 51.5 Å². The van der Waals surface area contributed by atoms with Crippen molar-refractivity contribution in [1.29, 1.82) is 0 Å². The molecule has 1 aromatic rings. The number of benzene rings is 1. The van der Waals surface area contributed by atoms with Crippen LogP contribution in [0.4, 0.5) is 9.18 Å². The first-order chi connectivity index (χ1) is 12.9. The van der Waals surface area contributed by atoms with Gasteiger partial charge in [-0.15, -0.1) is 0 Å². The molecule has 6 heteroatoms. The lowest BCUT2D eigenvalue weighted by Crippen LogP contribution is -2.42. The smallest absolute Gasteiger partial charge is 0.320 e. The SMILES string of the molecule is CCC(CC)C(=O)N1C[C@@H]2CN(C(=O)N(C)C)[C@@H](c3cccc(F)c3)[C@@H]2C1. The summed E-state index contributed by atoms with van der Waals surface area (Å²) >= 11 is 0.